The molecule has 0 aliphatic rings. The van der Waals surface area contributed by atoms with Gasteiger partial charge in [0.1, 0.15) is 11.6 Å². The molecule has 5 heteroatoms. The molecule has 1 aromatic heterocycles. The summed E-state index contributed by atoms with van der Waals surface area (Å²) in [6.07, 6.45) is 0. The van der Waals surface area contributed by atoms with Gasteiger partial charge in [-0.05, 0) is 47.2 Å². The Hall–Kier alpha value is -1.24. The fraction of sp³-hybridized carbons (Fsp3) is 0.250. The molecule has 2 rings (SSSR count). The maximum atomic E-state index is 5.98. The molecule has 4 nitrogen and oxygen atoms in total. The number of benzene rings is 1. The Bertz CT molecular complexity index is 537. The Kier molecular flexibility index (Phi) is 3.56. The summed E-state index contributed by atoms with van der Waals surface area (Å²) in [5, 5.41) is 4.40. The van der Waals surface area contributed by atoms with E-state index < -0.39 is 0 Å². The third kappa shape index (κ3) is 2.54. The monoisotopic (exact) mass is 343 g/mol. The Morgan fingerprint density at radius 1 is 1.47 bits per heavy atom. The maximum Gasteiger partial charge on any atom is 0.135 e. The van der Waals surface area contributed by atoms with Crippen LogP contribution in [0.4, 0.5) is 5.82 Å². The van der Waals surface area contributed by atoms with Gasteiger partial charge in [0.15, 0.2) is 0 Å². The molecule has 0 saturated carbocycles. The molecule has 0 aliphatic carbocycles. The van der Waals surface area contributed by atoms with Crippen molar-refractivity contribution in [3.05, 3.63) is 39.1 Å². The number of rotatable bonds is 3. The molecule has 0 spiro atoms. The van der Waals surface area contributed by atoms with Crippen molar-refractivity contribution in [3.8, 4) is 5.75 Å². The minimum Gasteiger partial charge on any atom is -0.497 e. The van der Waals surface area contributed by atoms with Crippen molar-refractivity contribution < 1.29 is 4.74 Å². The molecule has 1 heterocycles. The number of nitrogens with two attached hydrogens (primary N) is 1. The van der Waals surface area contributed by atoms with Crippen molar-refractivity contribution in [2.75, 3.05) is 12.8 Å². The lowest BCUT2D eigenvalue weighted by Gasteiger charge is -2.06. The maximum absolute atomic E-state index is 5.98. The third-order valence-electron chi connectivity index (χ3n) is 2.56. The van der Waals surface area contributed by atoms with Crippen LogP contribution in [-0.4, -0.2) is 16.9 Å². The number of nitrogens with zero attached hydrogens (tertiary/aromatic N) is 2. The van der Waals surface area contributed by atoms with E-state index in [9.17, 15) is 0 Å². The lowest BCUT2D eigenvalue weighted by molar-refractivity contribution is 0.414. The van der Waals surface area contributed by atoms with Gasteiger partial charge in [0, 0.05) is 0 Å². The summed E-state index contributed by atoms with van der Waals surface area (Å²) in [7, 11) is 1.66. The van der Waals surface area contributed by atoms with Gasteiger partial charge >= 0.3 is 0 Å². The van der Waals surface area contributed by atoms with E-state index >= 15 is 0 Å². The van der Waals surface area contributed by atoms with Crippen LogP contribution >= 0.6 is 22.6 Å². The summed E-state index contributed by atoms with van der Waals surface area (Å²) in [4.78, 5) is 0. The first-order valence-electron chi connectivity index (χ1n) is 5.23. The Labute approximate surface area is 114 Å². The number of methoxy groups -OCH3 is 1. The van der Waals surface area contributed by atoms with Crippen LogP contribution in [0, 0.1) is 10.5 Å². The Morgan fingerprint density at radius 3 is 2.82 bits per heavy atom. The van der Waals surface area contributed by atoms with Crippen LogP contribution in [0.1, 0.15) is 11.3 Å². The molecule has 0 atom stereocenters. The molecular formula is C12H14IN3O. The van der Waals surface area contributed by atoms with Crippen molar-refractivity contribution in [2.24, 2.45) is 0 Å². The average Bonchev–Trinajstić information content (AvgIpc) is 2.57. The summed E-state index contributed by atoms with van der Waals surface area (Å²) < 4.78 is 8.02. The smallest absolute Gasteiger partial charge is 0.135 e. The highest BCUT2D eigenvalue weighted by Crippen LogP contribution is 2.20. The molecular weight excluding hydrogens is 329 g/mol. The zero-order chi connectivity index (χ0) is 12.4. The summed E-state index contributed by atoms with van der Waals surface area (Å²) in [5.74, 6) is 1.56. The topological polar surface area (TPSA) is 53.1 Å². The van der Waals surface area contributed by atoms with Crippen molar-refractivity contribution in [3.63, 3.8) is 0 Å². The molecule has 1 aromatic carbocycles. The van der Waals surface area contributed by atoms with Crippen molar-refractivity contribution in [1.29, 1.82) is 0 Å². The molecule has 2 aromatic rings. The van der Waals surface area contributed by atoms with E-state index in [-0.39, 0.29) is 0 Å². The van der Waals surface area contributed by atoms with Gasteiger partial charge < -0.3 is 10.5 Å². The molecule has 0 amide bonds. The largest absolute Gasteiger partial charge is 0.497 e. The highest BCUT2D eigenvalue weighted by molar-refractivity contribution is 14.1. The number of anilines is 1. The first-order chi connectivity index (χ1) is 8.11. The Morgan fingerprint density at radius 2 is 2.24 bits per heavy atom. The van der Waals surface area contributed by atoms with Gasteiger partial charge in [0.2, 0.25) is 0 Å². The lowest BCUT2D eigenvalue weighted by atomic mass is 10.2. The van der Waals surface area contributed by atoms with Crippen molar-refractivity contribution in [1.82, 2.24) is 9.78 Å². The number of ether oxygens (including phenoxy) is 1. The number of hydrogen-bond acceptors (Lipinski definition) is 3. The molecule has 0 saturated heterocycles. The van der Waals surface area contributed by atoms with Gasteiger partial charge in [-0.3, -0.25) is 0 Å². The standard InChI is InChI=1S/C12H14IN3O/c1-8-11(13)12(14)16(15-8)7-9-4-3-5-10(6-9)17-2/h3-6H,7,14H2,1-2H3. The highest BCUT2D eigenvalue weighted by atomic mass is 127. The highest BCUT2D eigenvalue weighted by Gasteiger charge is 2.09. The van der Waals surface area contributed by atoms with Crippen LogP contribution in [0.2, 0.25) is 0 Å². The van der Waals surface area contributed by atoms with E-state index in [4.69, 9.17) is 10.5 Å². The van der Waals surface area contributed by atoms with Gasteiger partial charge in [-0.2, -0.15) is 5.10 Å². The average molecular weight is 343 g/mol. The van der Waals surface area contributed by atoms with Crippen molar-refractivity contribution in [2.45, 2.75) is 13.5 Å². The molecule has 90 valence electrons. The van der Waals surface area contributed by atoms with E-state index in [0.29, 0.717) is 12.4 Å². The van der Waals surface area contributed by atoms with Crippen LogP contribution in [0.5, 0.6) is 5.75 Å². The molecule has 2 N–H and O–H groups in total. The summed E-state index contributed by atoms with van der Waals surface area (Å²) in [5.41, 5.74) is 8.07. The molecule has 17 heavy (non-hydrogen) atoms. The predicted molar refractivity (Wildman–Crippen MR) is 76.2 cm³/mol. The van der Waals surface area contributed by atoms with E-state index in [1.807, 2.05) is 35.9 Å². The van der Waals surface area contributed by atoms with Crippen LogP contribution in [0.25, 0.3) is 0 Å². The summed E-state index contributed by atoms with van der Waals surface area (Å²) in [6.45, 7) is 2.62. The van der Waals surface area contributed by atoms with Crippen molar-refractivity contribution >= 4 is 28.4 Å². The minimum absolute atomic E-state index is 0.660. The van der Waals surface area contributed by atoms with Crippen LogP contribution in [0.15, 0.2) is 24.3 Å². The zero-order valence-corrected chi connectivity index (χ0v) is 11.9. The fourth-order valence-electron chi connectivity index (χ4n) is 1.64. The number of halogens is 1. The normalized spacial score (nSPS) is 10.5. The Balaban J connectivity index is 2.28. The van der Waals surface area contributed by atoms with Gasteiger partial charge in [-0.25, -0.2) is 4.68 Å². The quantitative estimate of drug-likeness (QED) is 0.871. The molecule has 0 radical (unpaired) electrons. The number of aromatic nitrogens is 2. The van der Waals surface area contributed by atoms with E-state index in [1.54, 1.807) is 7.11 Å². The minimum atomic E-state index is 0.660. The van der Waals surface area contributed by atoms with E-state index in [2.05, 4.69) is 27.7 Å². The lowest BCUT2D eigenvalue weighted by Crippen LogP contribution is -2.06. The third-order valence-corrected chi connectivity index (χ3v) is 3.89. The second-order valence-corrected chi connectivity index (χ2v) is 4.87. The zero-order valence-electron chi connectivity index (χ0n) is 9.77. The SMILES string of the molecule is COc1cccc(Cn2nc(C)c(I)c2N)c1. The molecule has 0 aliphatic heterocycles. The van der Waals surface area contributed by atoms with E-state index in [0.717, 1.165) is 20.6 Å². The van der Waals surface area contributed by atoms with Gasteiger partial charge in [-0.1, -0.05) is 12.1 Å². The molecule has 0 unspecified atom stereocenters. The fourth-order valence-corrected chi connectivity index (χ4v) is 2.03. The van der Waals surface area contributed by atoms with Gasteiger partial charge in [0.25, 0.3) is 0 Å². The van der Waals surface area contributed by atoms with Crippen LogP contribution < -0.4 is 10.5 Å². The van der Waals surface area contributed by atoms with E-state index in [1.165, 1.54) is 0 Å². The molecule has 0 bridgehead atoms. The van der Waals surface area contributed by atoms with Gasteiger partial charge in [0.05, 0.1) is 22.9 Å². The first-order valence-corrected chi connectivity index (χ1v) is 6.31. The summed E-state index contributed by atoms with van der Waals surface area (Å²) >= 11 is 2.21. The number of aryl methyl sites for hydroxylation is 1. The first kappa shape index (κ1) is 12.2. The van der Waals surface area contributed by atoms with Crippen LogP contribution in [-0.2, 0) is 6.54 Å². The summed E-state index contributed by atoms with van der Waals surface area (Å²) in [6, 6.07) is 7.91. The molecule has 0 fully saturated rings. The predicted octanol–water partition coefficient (Wildman–Crippen LogP) is 2.44. The number of nitrogen functional groups attached to an aromatic ring is 1. The number of hydrogen-bond donors (Lipinski definition) is 1. The second-order valence-electron chi connectivity index (χ2n) is 3.79. The van der Waals surface area contributed by atoms with Crippen LogP contribution in [0.3, 0.4) is 0 Å². The second kappa shape index (κ2) is 4.95. The van der Waals surface area contributed by atoms with Gasteiger partial charge in [-0.15, -0.1) is 0 Å².